The van der Waals surface area contributed by atoms with Crippen molar-refractivity contribution in [1.82, 2.24) is 9.88 Å². The highest BCUT2D eigenvalue weighted by Gasteiger charge is 2.51. The molecule has 6 nitrogen and oxygen atoms in total. The third-order valence-corrected chi connectivity index (χ3v) is 5.00. The van der Waals surface area contributed by atoms with Crippen molar-refractivity contribution in [3.05, 3.63) is 53.7 Å². The van der Waals surface area contributed by atoms with E-state index in [2.05, 4.69) is 25.8 Å². The summed E-state index contributed by atoms with van der Waals surface area (Å²) in [5, 5.41) is 0. The highest BCUT2D eigenvalue weighted by Crippen LogP contribution is 2.34. The molecule has 1 aliphatic heterocycles. The van der Waals surface area contributed by atoms with Gasteiger partial charge in [0.1, 0.15) is 11.4 Å². The van der Waals surface area contributed by atoms with Gasteiger partial charge in [0, 0.05) is 12.7 Å². The third kappa shape index (κ3) is 3.39. The van der Waals surface area contributed by atoms with Crippen molar-refractivity contribution in [3.8, 4) is 0 Å². The van der Waals surface area contributed by atoms with Crippen LogP contribution in [0, 0.1) is 0 Å². The Kier molecular flexibility index (Phi) is 4.46. The van der Waals surface area contributed by atoms with Crippen molar-refractivity contribution in [2.24, 2.45) is 0 Å². The quantitative estimate of drug-likeness (QED) is 0.840. The minimum Gasteiger partial charge on any atom is -0.384 e. The van der Waals surface area contributed by atoms with Crippen LogP contribution in [0.15, 0.2) is 42.6 Å². The van der Waals surface area contributed by atoms with Gasteiger partial charge >= 0.3 is 6.03 Å². The van der Waals surface area contributed by atoms with Crippen molar-refractivity contribution in [2.45, 2.75) is 52.1 Å². The van der Waals surface area contributed by atoms with E-state index < -0.39 is 5.54 Å². The Morgan fingerprint density at radius 1 is 1.07 bits per heavy atom. The number of pyridine rings is 1. The molecular formula is C21H26N4O2. The summed E-state index contributed by atoms with van der Waals surface area (Å²) in [7, 11) is 0. The van der Waals surface area contributed by atoms with Crippen LogP contribution in [0.2, 0.25) is 0 Å². The van der Waals surface area contributed by atoms with Gasteiger partial charge in [-0.2, -0.15) is 0 Å². The van der Waals surface area contributed by atoms with Gasteiger partial charge in [0.05, 0.1) is 5.69 Å². The smallest absolute Gasteiger partial charge is 0.332 e. The molecule has 3 amide bonds. The van der Waals surface area contributed by atoms with Crippen molar-refractivity contribution in [3.63, 3.8) is 0 Å². The van der Waals surface area contributed by atoms with E-state index in [0.29, 0.717) is 18.1 Å². The second-order valence-corrected chi connectivity index (χ2v) is 8.45. The summed E-state index contributed by atoms with van der Waals surface area (Å²) in [5.74, 6) is 0.149. The van der Waals surface area contributed by atoms with Crippen LogP contribution in [0.4, 0.5) is 16.3 Å². The normalized spacial score (nSPS) is 16.9. The fraction of sp³-hybridized carbons (Fsp3) is 0.381. The Balaban J connectivity index is 1.92. The van der Waals surface area contributed by atoms with Crippen molar-refractivity contribution < 1.29 is 9.59 Å². The number of rotatable bonds is 3. The largest absolute Gasteiger partial charge is 0.384 e. The van der Waals surface area contributed by atoms with Crippen LogP contribution >= 0.6 is 0 Å². The first-order chi connectivity index (χ1) is 12.5. The molecule has 3 rings (SSSR count). The molecule has 6 heteroatoms. The molecule has 27 heavy (non-hydrogen) atoms. The summed E-state index contributed by atoms with van der Waals surface area (Å²) in [5.41, 5.74) is 7.36. The van der Waals surface area contributed by atoms with Crippen molar-refractivity contribution in [1.29, 1.82) is 0 Å². The zero-order valence-electron chi connectivity index (χ0n) is 16.5. The number of hydrogen-bond acceptors (Lipinski definition) is 4. The average Bonchev–Trinajstić information content (AvgIpc) is 2.74. The monoisotopic (exact) mass is 366 g/mol. The van der Waals surface area contributed by atoms with Gasteiger partial charge in [0.25, 0.3) is 5.91 Å². The molecule has 142 valence electrons. The predicted molar refractivity (Wildman–Crippen MR) is 106 cm³/mol. The SMILES string of the molecule is CC(C)(C)c1ccc(N2C(=O)N(Cc3ccnc(N)c3)C(C)(C)C2=O)cc1. The fourth-order valence-electron chi connectivity index (χ4n) is 3.21. The number of imide groups is 1. The van der Waals surface area contributed by atoms with E-state index in [-0.39, 0.29) is 17.4 Å². The second-order valence-electron chi connectivity index (χ2n) is 8.45. The highest BCUT2D eigenvalue weighted by atomic mass is 16.2. The number of carbonyl (C=O) groups is 2. The molecule has 0 bridgehead atoms. The fourth-order valence-corrected chi connectivity index (χ4v) is 3.21. The zero-order chi connectivity index (χ0) is 20.0. The van der Waals surface area contributed by atoms with E-state index in [1.54, 1.807) is 37.1 Å². The molecule has 0 unspecified atom stereocenters. The summed E-state index contributed by atoms with van der Waals surface area (Å²) in [6.07, 6.45) is 1.60. The Morgan fingerprint density at radius 2 is 1.70 bits per heavy atom. The van der Waals surface area contributed by atoms with Crippen LogP contribution in [0.25, 0.3) is 0 Å². The minimum absolute atomic E-state index is 0.00411. The third-order valence-electron chi connectivity index (χ3n) is 5.00. The Hall–Kier alpha value is -2.89. The number of anilines is 2. The lowest BCUT2D eigenvalue weighted by atomic mass is 9.87. The van der Waals surface area contributed by atoms with Crippen molar-refractivity contribution >= 4 is 23.4 Å². The molecule has 0 aliphatic carbocycles. The lowest BCUT2D eigenvalue weighted by Gasteiger charge is -2.27. The van der Waals surface area contributed by atoms with Crippen molar-refractivity contribution in [2.75, 3.05) is 10.6 Å². The molecule has 2 heterocycles. The van der Waals surface area contributed by atoms with Gasteiger partial charge in [-0.15, -0.1) is 0 Å². The first-order valence-electron chi connectivity index (χ1n) is 8.99. The molecule has 1 saturated heterocycles. The maximum absolute atomic E-state index is 13.1. The number of hydrogen-bond donors (Lipinski definition) is 1. The molecule has 2 N–H and O–H groups in total. The first-order valence-corrected chi connectivity index (χ1v) is 8.99. The molecule has 0 radical (unpaired) electrons. The van der Waals surface area contributed by atoms with Gasteiger partial charge in [-0.05, 0) is 54.7 Å². The van der Waals surface area contributed by atoms with Gasteiger partial charge < -0.3 is 10.6 Å². The maximum Gasteiger partial charge on any atom is 0.332 e. The van der Waals surface area contributed by atoms with Gasteiger partial charge in [0.15, 0.2) is 0 Å². The Labute approximate surface area is 160 Å². The van der Waals surface area contributed by atoms with E-state index >= 15 is 0 Å². The zero-order valence-corrected chi connectivity index (χ0v) is 16.5. The molecule has 1 aliphatic rings. The number of nitrogens with zero attached hydrogens (tertiary/aromatic N) is 3. The summed E-state index contributed by atoms with van der Waals surface area (Å²) in [6.45, 7) is 10.2. The van der Waals surface area contributed by atoms with Crippen LogP contribution in [0.3, 0.4) is 0 Å². The molecule has 0 spiro atoms. The number of amides is 3. The molecule has 0 saturated carbocycles. The number of benzene rings is 1. The summed E-state index contributed by atoms with van der Waals surface area (Å²) < 4.78 is 0. The van der Waals surface area contributed by atoms with Crippen LogP contribution in [-0.4, -0.2) is 27.4 Å². The number of carbonyl (C=O) groups excluding carboxylic acids is 2. The summed E-state index contributed by atoms with van der Waals surface area (Å²) in [4.78, 5) is 32.9. The van der Waals surface area contributed by atoms with Gasteiger partial charge in [-0.3, -0.25) is 4.79 Å². The highest BCUT2D eigenvalue weighted by molar-refractivity contribution is 6.22. The minimum atomic E-state index is -0.947. The number of nitrogens with two attached hydrogens (primary N) is 1. The van der Waals surface area contributed by atoms with Gasteiger partial charge in [-0.25, -0.2) is 14.7 Å². The molecule has 1 fully saturated rings. The molecular weight excluding hydrogens is 340 g/mol. The van der Waals surface area contributed by atoms with E-state index in [1.807, 2.05) is 24.3 Å². The Bertz CT molecular complexity index is 882. The number of urea groups is 1. The lowest BCUT2D eigenvalue weighted by Crippen LogP contribution is -2.43. The van der Waals surface area contributed by atoms with Gasteiger partial charge in [0.2, 0.25) is 0 Å². The standard InChI is InChI=1S/C21H26N4O2/c1-20(2,3)15-6-8-16(9-7-15)25-18(26)21(4,5)24(19(25)27)13-14-10-11-23-17(22)12-14/h6-12H,13H2,1-5H3,(H2,22,23). The molecule has 0 atom stereocenters. The van der Waals surface area contributed by atoms with E-state index in [9.17, 15) is 9.59 Å². The molecule has 1 aromatic carbocycles. The van der Waals surface area contributed by atoms with Crippen LogP contribution < -0.4 is 10.6 Å². The van der Waals surface area contributed by atoms with Crippen LogP contribution in [0.1, 0.15) is 45.7 Å². The van der Waals surface area contributed by atoms with Crippen LogP contribution in [-0.2, 0) is 16.8 Å². The predicted octanol–water partition coefficient (Wildman–Crippen LogP) is 3.71. The molecule has 1 aromatic heterocycles. The summed E-state index contributed by atoms with van der Waals surface area (Å²) >= 11 is 0. The Morgan fingerprint density at radius 3 is 2.26 bits per heavy atom. The molecule has 2 aromatic rings. The van der Waals surface area contributed by atoms with E-state index in [1.165, 1.54) is 4.90 Å². The van der Waals surface area contributed by atoms with Crippen LogP contribution in [0.5, 0.6) is 0 Å². The van der Waals surface area contributed by atoms with E-state index in [0.717, 1.165) is 11.1 Å². The maximum atomic E-state index is 13.1. The summed E-state index contributed by atoms with van der Waals surface area (Å²) in [6, 6.07) is 10.8. The lowest BCUT2D eigenvalue weighted by molar-refractivity contribution is -0.123. The van der Waals surface area contributed by atoms with Gasteiger partial charge in [-0.1, -0.05) is 32.9 Å². The number of aromatic nitrogens is 1. The second kappa shape index (κ2) is 6.37. The first kappa shape index (κ1) is 18.9. The van der Waals surface area contributed by atoms with E-state index in [4.69, 9.17) is 5.73 Å². The topological polar surface area (TPSA) is 79.5 Å². The average molecular weight is 366 g/mol. The number of nitrogen functional groups attached to an aromatic ring is 1.